The lowest BCUT2D eigenvalue weighted by atomic mass is 10.0. The van der Waals surface area contributed by atoms with Gasteiger partial charge in [-0.3, -0.25) is 14.7 Å². The Morgan fingerprint density at radius 1 is 1.43 bits per heavy atom. The third-order valence-corrected chi connectivity index (χ3v) is 5.47. The van der Waals surface area contributed by atoms with Crippen LogP contribution < -0.4 is 5.32 Å². The third-order valence-electron chi connectivity index (χ3n) is 5.47. The van der Waals surface area contributed by atoms with Crippen LogP contribution in [0, 0.1) is 18.8 Å². The summed E-state index contributed by atoms with van der Waals surface area (Å²) in [5.41, 5.74) is 2.32. The molecular formula is C18H25N3O2. The Morgan fingerprint density at radius 2 is 2.30 bits per heavy atom. The Labute approximate surface area is 137 Å². The summed E-state index contributed by atoms with van der Waals surface area (Å²) >= 11 is 0. The van der Waals surface area contributed by atoms with Crippen LogP contribution >= 0.6 is 0 Å². The maximum absolute atomic E-state index is 12.6. The second kappa shape index (κ2) is 6.21. The highest BCUT2D eigenvalue weighted by molar-refractivity contribution is 5.80. The van der Waals surface area contributed by atoms with Gasteiger partial charge >= 0.3 is 0 Å². The molecule has 2 aliphatic heterocycles. The summed E-state index contributed by atoms with van der Waals surface area (Å²) in [5.74, 6) is 0.854. The number of aryl methyl sites for hydroxylation is 1. The van der Waals surface area contributed by atoms with Crippen molar-refractivity contribution in [2.45, 2.75) is 44.9 Å². The van der Waals surface area contributed by atoms with Crippen LogP contribution in [0.25, 0.3) is 0 Å². The molecule has 3 heterocycles. The van der Waals surface area contributed by atoms with Gasteiger partial charge in [0.2, 0.25) is 5.91 Å². The van der Waals surface area contributed by atoms with Gasteiger partial charge in [0.25, 0.3) is 0 Å². The van der Waals surface area contributed by atoms with Crippen molar-refractivity contribution in [3.8, 4) is 0 Å². The highest BCUT2D eigenvalue weighted by Gasteiger charge is 2.48. The lowest BCUT2D eigenvalue weighted by Crippen LogP contribution is -2.38. The van der Waals surface area contributed by atoms with E-state index in [1.54, 1.807) is 0 Å². The first kappa shape index (κ1) is 15.1. The van der Waals surface area contributed by atoms with Gasteiger partial charge in [-0.25, -0.2) is 0 Å². The number of pyridine rings is 1. The van der Waals surface area contributed by atoms with E-state index in [2.05, 4.69) is 28.2 Å². The van der Waals surface area contributed by atoms with Crippen LogP contribution in [0.15, 0.2) is 18.3 Å². The number of carbonyl (C=O) groups excluding carboxylic acids is 1. The summed E-state index contributed by atoms with van der Waals surface area (Å²) < 4.78 is 5.91. The van der Waals surface area contributed by atoms with Gasteiger partial charge < -0.3 is 10.1 Å². The molecular weight excluding hydrogens is 290 g/mol. The standard InChI is InChI=1S/C18H25N3O2/c1-12-3-2-7-19-15(12)11-21-10-14(17-16(21)6-8-23-17)18(22)20-9-13-4-5-13/h2-3,7,13-14,16-17H,4-6,8-11H2,1H3,(H,20,22)/t14-,16+,17+/m0/s1. The number of ether oxygens (including phenoxy) is 1. The van der Waals surface area contributed by atoms with Crippen LogP contribution in [0.4, 0.5) is 0 Å². The Bertz CT molecular complexity index is 587. The summed E-state index contributed by atoms with van der Waals surface area (Å²) in [6, 6.07) is 4.42. The Kier molecular flexibility index (Phi) is 4.07. The fourth-order valence-corrected chi connectivity index (χ4v) is 3.86. The van der Waals surface area contributed by atoms with Gasteiger partial charge in [0.15, 0.2) is 0 Å². The zero-order valence-corrected chi connectivity index (χ0v) is 13.7. The first-order valence-electron chi connectivity index (χ1n) is 8.76. The Balaban J connectivity index is 1.44. The first-order chi connectivity index (χ1) is 11.2. The number of rotatable bonds is 5. The monoisotopic (exact) mass is 315 g/mol. The van der Waals surface area contributed by atoms with Gasteiger partial charge in [0.05, 0.1) is 17.7 Å². The summed E-state index contributed by atoms with van der Waals surface area (Å²) in [7, 11) is 0. The molecule has 0 unspecified atom stereocenters. The fourth-order valence-electron chi connectivity index (χ4n) is 3.86. The molecule has 0 spiro atoms. The number of fused-ring (bicyclic) bond motifs is 1. The predicted molar refractivity (Wildman–Crippen MR) is 86.8 cm³/mol. The maximum Gasteiger partial charge on any atom is 0.227 e. The molecule has 5 heteroatoms. The molecule has 5 nitrogen and oxygen atoms in total. The zero-order chi connectivity index (χ0) is 15.8. The van der Waals surface area contributed by atoms with Crippen LogP contribution in [0.5, 0.6) is 0 Å². The summed E-state index contributed by atoms with van der Waals surface area (Å²) in [5, 5.41) is 3.13. The minimum Gasteiger partial charge on any atom is -0.376 e. The second-order valence-electron chi connectivity index (χ2n) is 7.18. The number of likely N-dealkylation sites (tertiary alicyclic amines) is 1. The fraction of sp³-hybridized carbons (Fsp3) is 0.667. The van der Waals surface area contributed by atoms with E-state index >= 15 is 0 Å². The normalized spacial score (nSPS) is 30.4. The van der Waals surface area contributed by atoms with E-state index in [1.165, 1.54) is 18.4 Å². The van der Waals surface area contributed by atoms with E-state index < -0.39 is 0 Å². The molecule has 3 atom stereocenters. The van der Waals surface area contributed by atoms with E-state index in [0.717, 1.165) is 38.4 Å². The van der Waals surface area contributed by atoms with Gasteiger partial charge in [-0.1, -0.05) is 6.07 Å². The number of nitrogens with zero attached hydrogens (tertiary/aromatic N) is 2. The van der Waals surface area contributed by atoms with Gasteiger partial charge in [-0.2, -0.15) is 0 Å². The summed E-state index contributed by atoms with van der Waals surface area (Å²) in [6.45, 7) is 5.29. The van der Waals surface area contributed by atoms with Crippen molar-refractivity contribution in [2.75, 3.05) is 19.7 Å². The molecule has 1 N–H and O–H groups in total. The molecule has 124 valence electrons. The van der Waals surface area contributed by atoms with Crippen molar-refractivity contribution in [1.82, 2.24) is 15.2 Å². The average Bonchev–Trinajstić information content (AvgIpc) is 3.14. The summed E-state index contributed by atoms with van der Waals surface area (Å²) in [6.07, 6.45) is 5.44. The molecule has 2 saturated heterocycles. The van der Waals surface area contributed by atoms with Gasteiger partial charge in [-0.15, -0.1) is 0 Å². The molecule has 1 aromatic rings. The molecule has 1 saturated carbocycles. The molecule has 1 amide bonds. The van der Waals surface area contributed by atoms with E-state index in [1.807, 2.05) is 12.3 Å². The first-order valence-corrected chi connectivity index (χ1v) is 8.76. The van der Waals surface area contributed by atoms with Crippen molar-refractivity contribution in [2.24, 2.45) is 11.8 Å². The molecule has 23 heavy (non-hydrogen) atoms. The van der Waals surface area contributed by atoms with Crippen molar-refractivity contribution >= 4 is 5.91 Å². The number of hydrogen-bond acceptors (Lipinski definition) is 4. The number of aromatic nitrogens is 1. The largest absolute Gasteiger partial charge is 0.376 e. The number of hydrogen-bond donors (Lipinski definition) is 1. The molecule has 1 aromatic heterocycles. The molecule has 0 radical (unpaired) electrons. The average molecular weight is 315 g/mol. The third kappa shape index (κ3) is 3.12. The Morgan fingerprint density at radius 3 is 3.09 bits per heavy atom. The molecule has 3 aliphatic rings. The smallest absolute Gasteiger partial charge is 0.227 e. The number of carbonyl (C=O) groups is 1. The zero-order valence-electron chi connectivity index (χ0n) is 13.7. The van der Waals surface area contributed by atoms with Gasteiger partial charge in [0, 0.05) is 38.5 Å². The molecule has 4 rings (SSSR count). The quantitative estimate of drug-likeness (QED) is 0.895. The lowest BCUT2D eigenvalue weighted by molar-refractivity contribution is -0.127. The minimum atomic E-state index is -0.0368. The molecule has 0 bridgehead atoms. The second-order valence-corrected chi connectivity index (χ2v) is 7.18. The predicted octanol–water partition coefficient (Wildman–Crippen LogP) is 1.51. The molecule has 0 aromatic carbocycles. The van der Waals surface area contributed by atoms with Gasteiger partial charge in [-0.05, 0) is 43.7 Å². The van der Waals surface area contributed by atoms with E-state index in [0.29, 0.717) is 12.0 Å². The van der Waals surface area contributed by atoms with Crippen molar-refractivity contribution < 1.29 is 9.53 Å². The van der Waals surface area contributed by atoms with Gasteiger partial charge in [0.1, 0.15) is 0 Å². The minimum absolute atomic E-state index is 0.0368. The topological polar surface area (TPSA) is 54.5 Å². The lowest BCUT2D eigenvalue weighted by Gasteiger charge is -2.22. The SMILES string of the molecule is Cc1cccnc1CN1C[C@H](C(=O)NCC2CC2)[C@H]2OCC[C@H]21. The maximum atomic E-state index is 12.6. The van der Waals surface area contributed by atoms with Crippen LogP contribution in [-0.4, -0.2) is 47.6 Å². The molecule has 3 fully saturated rings. The number of amides is 1. The van der Waals surface area contributed by atoms with Crippen LogP contribution in [0.3, 0.4) is 0 Å². The van der Waals surface area contributed by atoms with Crippen molar-refractivity contribution in [3.05, 3.63) is 29.6 Å². The highest BCUT2D eigenvalue weighted by atomic mass is 16.5. The Hall–Kier alpha value is -1.46. The van der Waals surface area contributed by atoms with E-state index in [-0.39, 0.29) is 17.9 Å². The van der Waals surface area contributed by atoms with Crippen LogP contribution in [0.2, 0.25) is 0 Å². The van der Waals surface area contributed by atoms with Crippen molar-refractivity contribution in [3.63, 3.8) is 0 Å². The highest BCUT2D eigenvalue weighted by Crippen LogP contribution is 2.35. The van der Waals surface area contributed by atoms with Crippen LogP contribution in [0.1, 0.15) is 30.5 Å². The number of nitrogens with one attached hydrogen (secondary N) is 1. The van der Waals surface area contributed by atoms with E-state index in [4.69, 9.17) is 4.74 Å². The molecule has 1 aliphatic carbocycles. The van der Waals surface area contributed by atoms with Crippen molar-refractivity contribution in [1.29, 1.82) is 0 Å². The van der Waals surface area contributed by atoms with E-state index in [9.17, 15) is 4.79 Å². The van der Waals surface area contributed by atoms with Crippen LogP contribution in [-0.2, 0) is 16.1 Å². The summed E-state index contributed by atoms with van der Waals surface area (Å²) in [4.78, 5) is 19.5.